The van der Waals surface area contributed by atoms with Crippen molar-refractivity contribution < 1.29 is 14.6 Å². The molecular weight excluding hydrogens is 276 g/mol. The third-order valence-corrected chi connectivity index (χ3v) is 5.63. The number of ketones is 1. The molecule has 1 aromatic carbocycles. The van der Waals surface area contributed by atoms with Crippen LogP contribution in [0.25, 0.3) is 0 Å². The molecule has 120 valence electrons. The van der Waals surface area contributed by atoms with Crippen LogP contribution >= 0.6 is 0 Å². The highest BCUT2D eigenvalue weighted by molar-refractivity contribution is 5.82. The van der Waals surface area contributed by atoms with Gasteiger partial charge in [0.25, 0.3) is 0 Å². The zero-order valence-electron chi connectivity index (χ0n) is 13.4. The predicted molar refractivity (Wildman–Crippen MR) is 86.0 cm³/mol. The summed E-state index contributed by atoms with van der Waals surface area (Å²) >= 11 is 0. The van der Waals surface area contributed by atoms with Gasteiger partial charge >= 0.3 is 0 Å². The molecule has 3 heteroatoms. The molecule has 0 aliphatic heterocycles. The first kappa shape index (κ1) is 15.5. The van der Waals surface area contributed by atoms with Gasteiger partial charge in [-0.05, 0) is 68.6 Å². The Morgan fingerprint density at radius 1 is 1.32 bits per heavy atom. The van der Waals surface area contributed by atoms with E-state index in [1.54, 1.807) is 7.11 Å². The zero-order chi connectivity index (χ0) is 15.6. The Balaban J connectivity index is 1.70. The van der Waals surface area contributed by atoms with Gasteiger partial charge in [0.05, 0.1) is 12.7 Å². The number of carbonyl (C=O) groups is 1. The lowest BCUT2D eigenvalue weighted by Gasteiger charge is -2.46. The van der Waals surface area contributed by atoms with E-state index < -0.39 is 5.60 Å². The van der Waals surface area contributed by atoms with Crippen molar-refractivity contribution in [3.05, 3.63) is 29.8 Å². The van der Waals surface area contributed by atoms with E-state index in [4.69, 9.17) is 4.74 Å². The topological polar surface area (TPSA) is 46.5 Å². The summed E-state index contributed by atoms with van der Waals surface area (Å²) < 4.78 is 5.26. The molecule has 2 saturated carbocycles. The summed E-state index contributed by atoms with van der Waals surface area (Å²) in [5.74, 6) is 1.53. The number of hydrogen-bond acceptors (Lipinski definition) is 3. The van der Waals surface area contributed by atoms with E-state index in [-0.39, 0.29) is 11.8 Å². The SMILES string of the molecule is COc1cccc(CC[C@]2(O)CCC[C@@H]3C(=O)CCC[C@H]32)c1. The molecular formula is C19H26O3. The molecule has 1 N–H and O–H groups in total. The molecule has 0 amide bonds. The number of hydrogen-bond donors (Lipinski definition) is 1. The van der Waals surface area contributed by atoms with Crippen molar-refractivity contribution in [3.63, 3.8) is 0 Å². The molecule has 0 heterocycles. The normalized spacial score (nSPS) is 31.6. The molecule has 3 rings (SSSR count). The number of rotatable bonds is 4. The Bertz CT molecular complexity index is 539. The maximum atomic E-state index is 12.1. The fourth-order valence-corrected chi connectivity index (χ4v) is 4.43. The van der Waals surface area contributed by atoms with Crippen molar-refractivity contribution in [3.8, 4) is 5.75 Å². The minimum Gasteiger partial charge on any atom is -0.497 e. The third-order valence-electron chi connectivity index (χ3n) is 5.63. The molecule has 2 fully saturated rings. The van der Waals surface area contributed by atoms with Crippen molar-refractivity contribution in [1.29, 1.82) is 0 Å². The molecule has 2 aliphatic rings. The molecule has 0 radical (unpaired) electrons. The smallest absolute Gasteiger partial charge is 0.136 e. The number of ether oxygens (including phenoxy) is 1. The first-order valence-electron chi connectivity index (χ1n) is 8.50. The highest BCUT2D eigenvalue weighted by atomic mass is 16.5. The molecule has 0 spiro atoms. The van der Waals surface area contributed by atoms with E-state index in [2.05, 4.69) is 6.07 Å². The molecule has 0 saturated heterocycles. The van der Waals surface area contributed by atoms with Crippen LogP contribution in [0.4, 0.5) is 0 Å². The van der Waals surface area contributed by atoms with Crippen LogP contribution in [0.15, 0.2) is 24.3 Å². The Kier molecular flexibility index (Phi) is 4.53. The van der Waals surface area contributed by atoms with Crippen LogP contribution in [0.2, 0.25) is 0 Å². The van der Waals surface area contributed by atoms with E-state index in [1.807, 2.05) is 18.2 Å². The van der Waals surface area contributed by atoms with Gasteiger partial charge in [-0.15, -0.1) is 0 Å². The van der Waals surface area contributed by atoms with Crippen molar-refractivity contribution in [2.75, 3.05) is 7.11 Å². The monoisotopic (exact) mass is 302 g/mol. The summed E-state index contributed by atoms with van der Waals surface area (Å²) in [7, 11) is 1.67. The number of benzene rings is 1. The molecule has 0 bridgehead atoms. The summed E-state index contributed by atoms with van der Waals surface area (Å²) in [5, 5.41) is 11.2. The Morgan fingerprint density at radius 3 is 3.00 bits per heavy atom. The number of aryl methyl sites for hydroxylation is 1. The largest absolute Gasteiger partial charge is 0.497 e. The van der Waals surface area contributed by atoms with Gasteiger partial charge in [-0.3, -0.25) is 4.79 Å². The maximum absolute atomic E-state index is 12.1. The van der Waals surface area contributed by atoms with Gasteiger partial charge < -0.3 is 9.84 Å². The second kappa shape index (κ2) is 6.41. The average molecular weight is 302 g/mol. The average Bonchev–Trinajstić information content (AvgIpc) is 2.55. The summed E-state index contributed by atoms with van der Waals surface area (Å²) in [6.07, 6.45) is 7.04. The lowest BCUT2D eigenvalue weighted by atomic mass is 9.61. The zero-order valence-corrected chi connectivity index (χ0v) is 13.4. The fourth-order valence-electron chi connectivity index (χ4n) is 4.43. The molecule has 2 aliphatic carbocycles. The molecule has 1 aromatic rings. The van der Waals surface area contributed by atoms with Gasteiger partial charge in [-0.25, -0.2) is 0 Å². The van der Waals surface area contributed by atoms with Crippen molar-refractivity contribution >= 4 is 5.78 Å². The van der Waals surface area contributed by atoms with E-state index in [0.29, 0.717) is 12.2 Å². The van der Waals surface area contributed by atoms with Crippen LogP contribution in [0.3, 0.4) is 0 Å². The second-order valence-electron chi connectivity index (χ2n) is 6.92. The summed E-state index contributed by atoms with van der Waals surface area (Å²) in [4.78, 5) is 12.1. The summed E-state index contributed by atoms with van der Waals surface area (Å²) in [5.41, 5.74) is 0.527. The number of fused-ring (bicyclic) bond motifs is 1. The number of carbonyl (C=O) groups excluding carboxylic acids is 1. The minimum absolute atomic E-state index is 0.109. The van der Waals surface area contributed by atoms with Gasteiger partial charge in [0.1, 0.15) is 11.5 Å². The van der Waals surface area contributed by atoms with Gasteiger partial charge in [0, 0.05) is 12.3 Å². The molecule has 0 aromatic heterocycles. The summed E-state index contributed by atoms with van der Waals surface area (Å²) in [6.45, 7) is 0. The summed E-state index contributed by atoms with van der Waals surface area (Å²) in [6, 6.07) is 8.05. The van der Waals surface area contributed by atoms with E-state index >= 15 is 0 Å². The van der Waals surface area contributed by atoms with Crippen LogP contribution in [-0.4, -0.2) is 23.6 Å². The van der Waals surface area contributed by atoms with Gasteiger partial charge in [0.2, 0.25) is 0 Å². The maximum Gasteiger partial charge on any atom is 0.136 e. The Hall–Kier alpha value is -1.35. The first-order chi connectivity index (χ1) is 10.6. The quantitative estimate of drug-likeness (QED) is 0.925. The molecule has 3 atom stereocenters. The van der Waals surface area contributed by atoms with Gasteiger partial charge in [-0.1, -0.05) is 12.1 Å². The van der Waals surface area contributed by atoms with E-state index in [1.165, 1.54) is 5.56 Å². The standard InChI is InChI=1S/C19H26O3/c1-22-15-6-2-5-14(13-15)10-12-19(21)11-4-7-16-17(19)8-3-9-18(16)20/h2,5-6,13,16-17,21H,3-4,7-12H2,1H3/t16-,17+,19+/m0/s1. The van der Waals surface area contributed by atoms with Gasteiger partial charge in [-0.2, -0.15) is 0 Å². The van der Waals surface area contributed by atoms with Crippen LogP contribution in [0.1, 0.15) is 50.5 Å². The van der Waals surface area contributed by atoms with Gasteiger partial charge in [0.15, 0.2) is 0 Å². The predicted octanol–water partition coefficient (Wildman–Crippen LogP) is 3.53. The van der Waals surface area contributed by atoms with Crippen LogP contribution in [0.5, 0.6) is 5.75 Å². The first-order valence-corrected chi connectivity index (χ1v) is 8.50. The van der Waals surface area contributed by atoms with Crippen molar-refractivity contribution in [2.24, 2.45) is 11.8 Å². The fraction of sp³-hybridized carbons (Fsp3) is 0.632. The van der Waals surface area contributed by atoms with Crippen molar-refractivity contribution in [1.82, 2.24) is 0 Å². The highest BCUT2D eigenvalue weighted by Crippen LogP contribution is 2.46. The lowest BCUT2D eigenvalue weighted by molar-refractivity contribution is -0.142. The second-order valence-corrected chi connectivity index (χ2v) is 6.92. The third kappa shape index (κ3) is 3.05. The van der Waals surface area contributed by atoms with Crippen LogP contribution < -0.4 is 4.74 Å². The van der Waals surface area contributed by atoms with E-state index in [9.17, 15) is 9.90 Å². The minimum atomic E-state index is -0.665. The number of methoxy groups -OCH3 is 1. The van der Waals surface area contributed by atoms with E-state index in [0.717, 1.165) is 50.7 Å². The molecule has 0 unspecified atom stereocenters. The Labute approximate surface area is 132 Å². The Morgan fingerprint density at radius 2 is 2.18 bits per heavy atom. The van der Waals surface area contributed by atoms with Crippen LogP contribution in [0, 0.1) is 11.8 Å². The number of aliphatic hydroxyl groups is 1. The lowest BCUT2D eigenvalue weighted by Crippen LogP contribution is -2.49. The molecule has 3 nitrogen and oxygen atoms in total. The molecule has 22 heavy (non-hydrogen) atoms. The van der Waals surface area contributed by atoms with Crippen molar-refractivity contribution in [2.45, 2.75) is 57.0 Å². The van der Waals surface area contributed by atoms with Crippen LogP contribution in [-0.2, 0) is 11.2 Å². The highest BCUT2D eigenvalue weighted by Gasteiger charge is 2.47. The number of Topliss-reactive ketones (excluding diaryl/α,β-unsaturated/α-hetero) is 1.